The summed E-state index contributed by atoms with van der Waals surface area (Å²) in [6.07, 6.45) is -0.932. The van der Waals surface area contributed by atoms with Crippen molar-refractivity contribution in [2.24, 2.45) is 7.05 Å². The number of halogens is 2. The van der Waals surface area contributed by atoms with Crippen LogP contribution in [0.1, 0.15) is 30.7 Å². The third-order valence-electron chi connectivity index (χ3n) is 7.31. The van der Waals surface area contributed by atoms with Gasteiger partial charge in [0.05, 0.1) is 28.9 Å². The summed E-state index contributed by atoms with van der Waals surface area (Å²) in [5.74, 6) is 0. The lowest BCUT2D eigenvalue weighted by molar-refractivity contribution is 0.124. The van der Waals surface area contributed by atoms with Crippen LogP contribution in [0.4, 0.5) is 19.3 Å². The molecule has 2 aliphatic heterocycles. The molecule has 0 atom stereocenters. The molecule has 1 N–H and O–H groups in total. The van der Waals surface area contributed by atoms with Crippen LogP contribution in [-0.4, -0.2) is 89.2 Å². The van der Waals surface area contributed by atoms with Gasteiger partial charge in [0.1, 0.15) is 5.69 Å². The Balaban J connectivity index is 1.42. The fraction of sp³-hybridized carbons (Fsp3) is 0.522. The number of nitrogens with one attached hydrogen (secondary N) is 1. The number of anilines is 1. The number of rotatable bonds is 6. The van der Waals surface area contributed by atoms with Crippen LogP contribution < -0.4 is 9.62 Å². The van der Waals surface area contributed by atoms with Crippen molar-refractivity contribution >= 4 is 44.0 Å². The van der Waals surface area contributed by atoms with Crippen LogP contribution in [0, 0.1) is 6.57 Å². The number of fused-ring (bicyclic) bond motifs is 1. The minimum absolute atomic E-state index is 0.00868. The summed E-state index contributed by atoms with van der Waals surface area (Å²) in [7, 11) is -2.41. The van der Waals surface area contributed by atoms with Gasteiger partial charge in [0.2, 0.25) is 10.0 Å². The second-order valence-corrected chi connectivity index (χ2v) is 12.6. The fourth-order valence-corrected chi connectivity index (χ4v) is 6.96. The molecule has 12 nitrogen and oxygen atoms in total. The highest BCUT2D eigenvalue weighted by Crippen LogP contribution is 2.41. The Bertz CT molecular complexity index is 1600. The van der Waals surface area contributed by atoms with E-state index in [1.165, 1.54) is 6.07 Å². The highest BCUT2D eigenvalue weighted by Gasteiger charge is 2.54. The van der Waals surface area contributed by atoms with Crippen LogP contribution in [0.15, 0.2) is 17.0 Å². The molecule has 0 unspecified atom stereocenters. The van der Waals surface area contributed by atoms with Gasteiger partial charge in [0.25, 0.3) is 12.1 Å². The summed E-state index contributed by atoms with van der Waals surface area (Å²) in [6, 6.07) is 3.00. The highest BCUT2D eigenvalue weighted by molar-refractivity contribution is 7.89. The van der Waals surface area contributed by atoms with E-state index in [2.05, 4.69) is 24.9 Å². The number of carbonyl (C=O) groups is 1. The van der Waals surface area contributed by atoms with E-state index >= 15 is 0 Å². The van der Waals surface area contributed by atoms with E-state index in [0.29, 0.717) is 66.9 Å². The summed E-state index contributed by atoms with van der Waals surface area (Å²) < 4.78 is 57.5. The van der Waals surface area contributed by atoms with E-state index in [4.69, 9.17) is 6.57 Å². The van der Waals surface area contributed by atoms with Gasteiger partial charge in [-0.1, -0.05) is 11.3 Å². The monoisotopic (exact) mass is 577 g/mol. The van der Waals surface area contributed by atoms with Gasteiger partial charge in [-0.2, -0.15) is 5.10 Å². The van der Waals surface area contributed by atoms with Gasteiger partial charge in [-0.25, -0.2) is 28.6 Å². The number of benzene rings is 1. The van der Waals surface area contributed by atoms with Gasteiger partial charge < -0.3 is 14.7 Å². The number of hydrogen-bond acceptors (Lipinski definition) is 8. The zero-order valence-electron chi connectivity index (χ0n) is 21.0. The Morgan fingerprint density at radius 3 is 2.38 bits per heavy atom. The Labute approximate surface area is 227 Å². The first kappa shape index (κ1) is 25.8. The van der Waals surface area contributed by atoms with E-state index < -0.39 is 27.1 Å². The number of sulfonamides is 1. The van der Waals surface area contributed by atoms with E-state index in [0.717, 1.165) is 19.5 Å². The van der Waals surface area contributed by atoms with Crippen molar-refractivity contribution < 1.29 is 22.0 Å². The molecule has 39 heavy (non-hydrogen) atoms. The summed E-state index contributed by atoms with van der Waals surface area (Å²) in [4.78, 5) is 21.7. The van der Waals surface area contributed by atoms with E-state index in [-0.39, 0.29) is 21.6 Å². The molecule has 4 heterocycles. The second-order valence-electron chi connectivity index (χ2n) is 9.90. The molecule has 16 heteroatoms. The standard InChI is InChI=1S/C23H25F2N9O3S2/c1-26-23(4-5-23)30-39(36,37)14-12-15-17(20-27-28-21(38-20)19(24)25)29-31(2)18(15)16(13-14)32-8-10-34(11-9-32)22(35)33-6-3-7-33/h12-13,19,30H,3-11H2,2H3. The number of hydrogen-bond donors (Lipinski definition) is 1. The molecule has 3 aliphatic rings. The first-order chi connectivity index (χ1) is 18.6. The third kappa shape index (κ3) is 4.57. The lowest BCUT2D eigenvalue weighted by Gasteiger charge is -2.41. The molecule has 2 aromatic heterocycles. The molecular formula is C23H25F2N9O3S2. The topological polar surface area (TPSA) is 121 Å². The van der Waals surface area contributed by atoms with E-state index in [9.17, 15) is 22.0 Å². The normalized spacial score (nSPS) is 18.9. The smallest absolute Gasteiger partial charge is 0.320 e. The van der Waals surface area contributed by atoms with Crippen molar-refractivity contribution in [2.45, 2.75) is 36.2 Å². The third-order valence-corrected chi connectivity index (χ3v) is 9.75. The van der Waals surface area contributed by atoms with Crippen LogP contribution in [0.25, 0.3) is 26.4 Å². The maximum atomic E-state index is 13.4. The minimum atomic E-state index is -4.10. The number of aromatic nitrogens is 4. The number of alkyl halides is 2. The zero-order chi connectivity index (χ0) is 27.5. The lowest BCUT2D eigenvalue weighted by atomic mass is 10.1. The lowest BCUT2D eigenvalue weighted by Crippen LogP contribution is -2.55. The Morgan fingerprint density at radius 2 is 1.82 bits per heavy atom. The van der Waals surface area contributed by atoms with Gasteiger partial charge in [-0.15, -0.1) is 14.9 Å². The number of amides is 2. The number of piperazine rings is 1. The quantitative estimate of drug-likeness (QED) is 0.447. The Morgan fingerprint density at radius 1 is 1.13 bits per heavy atom. The van der Waals surface area contributed by atoms with Crippen LogP contribution in [0.2, 0.25) is 0 Å². The zero-order valence-corrected chi connectivity index (χ0v) is 22.6. The second kappa shape index (κ2) is 9.35. The maximum Gasteiger partial charge on any atom is 0.320 e. The number of aryl methyl sites for hydroxylation is 1. The molecule has 1 saturated carbocycles. The molecule has 6 rings (SSSR count). The van der Waals surface area contributed by atoms with Gasteiger partial charge in [-0.3, -0.25) is 9.53 Å². The number of urea groups is 1. The van der Waals surface area contributed by atoms with E-state index in [1.54, 1.807) is 27.6 Å². The molecule has 0 radical (unpaired) electrons. The van der Waals surface area contributed by atoms with Gasteiger partial charge in [-0.05, 0) is 18.6 Å². The molecule has 0 spiro atoms. The molecule has 1 aliphatic carbocycles. The summed E-state index contributed by atoms with van der Waals surface area (Å²) in [5, 5.41) is 12.1. The average Bonchev–Trinajstić information content (AvgIpc) is 3.31. The summed E-state index contributed by atoms with van der Waals surface area (Å²) in [6.45, 7) is 10.8. The summed E-state index contributed by atoms with van der Waals surface area (Å²) in [5.41, 5.74) is 0.288. The van der Waals surface area contributed by atoms with Crippen molar-refractivity contribution in [3.63, 3.8) is 0 Å². The first-order valence-electron chi connectivity index (χ1n) is 12.4. The van der Waals surface area contributed by atoms with Crippen LogP contribution in [0.3, 0.4) is 0 Å². The SMILES string of the molecule is [C-]#[N+]C1(NS(=O)(=O)c2cc(N3CCN(C(=O)N4CCC4)CC3)c3c(c2)c(-c2nnc(C(F)F)s2)nn3C)CC1. The average molecular weight is 578 g/mol. The maximum absolute atomic E-state index is 13.4. The van der Waals surface area contributed by atoms with E-state index in [1.807, 2.05) is 4.90 Å². The minimum Gasteiger partial charge on any atom is -0.366 e. The number of likely N-dealkylation sites (tertiary alicyclic amines) is 1. The molecule has 0 bridgehead atoms. The molecule has 2 amide bonds. The Hall–Kier alpha value is -3.42. The molecule has 1 aromatic carbocycles. The molecule has 2 saturated heterocycles. The Kier molecular flexibility index (Phi) is 6.19. The molecule has 3 aromatic rings. The largest absolute Gasteiger partial charge is 0.366 e. The molecule has 206 valence electrons. The van der Waals surface area contributed by atoms with Crippen LogP contribution >= 0.6 is 11.3 Å². The number of nitrogens with zero attached hydrogens (tertiary/aromatic N) is 8. The van der Waals surface area contributed by atoms with Crippen molar-refractivity contribution in [1.82, 2.24) is 34.5 Å². The first-order valence-corrected chi connectivity index (χ1v) is 14.7. The van der Waals surface area contributed by atoms with Crippen molar-refractivity contribution in [3.8, 4) is 10.7 Å². The van der Waals surface area contributed by atoms with Crippen LogP contribution in [-0.2, 0) is 17.1 Å². The summed E-state index contributed by atoms with van der Waals surface area (Å²) >= 11 is 0.699. The van der Waals surface area contributed by atoms with Crippen molar-refractivity contribution in [2.75, 3.05) is 44.2 Å². The van der Waals surface area contributed by atoms with Gasteiger partial charge in [0.15, 0.2) is 10.0 Å². The highest BCUT2D eigenvalue weighted by atomic mass is 32.2. The van der Waals surface area contributed by atoms with Crippen LogP contribution in [0.5, 0.6) is 0 Å². The van der Waals surface area contributed by atoms with Crippen molar-refractivity contribution in [1.29, 1.82) is 0 Å². The van der Waals surface area contributed by atoms with Gasteiger partial charge >= 0.3 is 6.03 Å². The number of carbonyl (C=O) groups excluding carboxylic acids is 1. The van der Waals surface area contributed by atoms with Crippen molar-refractivity contribution in [3.05, 3.63) is 28.6 Å². The fourth-order valence-electron chi connectivity index (χ4n) is 4.85. The predicted molar refractivity (Wildman–Crippen MR) is 139 cm³/mol. The molecular weight excluding hydrogens is 552 g/mol. The van der Waals surface area contributed by atoms with Gasteiger partial charge in [0, 0.05) is 51.7 Å². The molecule has 3 fully saturated rings. The predicted octanol–water partition coefficient (Wildman–Crippen LogP) is 2.66.